The number of ether oxygens (including phenoxy) is 1. The van der Waals surface area contributed by atoms with Crippen molar-refractivity contribution in [2.75, 3.05) is 12.9 Å². The number of rotatable bonds is 5. The van der Waals surface area contributed by atoms with Crippen LogP contribution in [0.5, 0.6) is 5.75 Å². The normalized spacial score (nSPS) is 12.4. The highest BCUT2D eigenvalue weighted by atomic mass is 32.2. The predicted octanol–water partition coefficient (Wildman–Crippen LogP) is 2.22. The number of nitrogens with zero attached hydrogens (tertiary/aromatic N) is 2. The zero-order valence-corrected chi connectivity index (χ0v) is 11.4. The van der Waals surface area contributed by atoms with Gasteiger partial charge in [0, 0.05) is 31.2 Å². The first-order chi connectivity index (χ1) is 8.70. The average Bonchev–Trinajstić information content (AvgIpc) is 2.81. The lowest BCUT2D eigenvalue weighted by molar-refractivity contribution is 0.414. The van der Waals surface area contributed by atoms with Crippen LogP contribution < -0.4 is 10.5 Å². The van der Waals surface area contributed by atoms with E-state index in [4.69, 9.17) is 10.5 Å². The standard InChI is InChI=1S/C13H17N3OS/c1-16-8-7-15-13(16)18-9-12(14)10-3-5-11(17-2)6-4-10/h3-8,12H,9,14H2,1-2H3. The molecule has 0 saturated carbocycles. The minimum absolute atomic E-state index is 0.00222. The molecule has 0 aliphatic rings. The van der Waals surface area contributed by atoms with Crippen LogP contribution in [-0.2, 0) is 7.05 Å². The molecule has 0 bridgehead atoms. The zero-order chi connectivity index (χ0) is 13.0. The summed E-state index contributed by atoms with van der Waals surface area (Å²) in [6.07, 6.45) is 3.72. The molecule has 0 aliphatic carbocycles. The second kappa shape index (κ2) is 5.93. The van der Waals surface area contributed by atoms with Crippen LogP contribution in [0.2, 0.25) is 0 Å². The Balaban J connectivity index is 1.94. The van der Waals surface area contributed by atoms with Gasteiger partial charge in [0.15, 0.2) is 5.16 Å². The molecule has 0 saturated heterocycles. The summed E-state index contributed by atoms with van der Waals surface area (Å²) in [5.41, 5.74) is 7.26. The van der Waals surface area contributed by atoms with Crippen LogP contribution in [-0.4, -0.2) is 22.4 Å². The summed E-state index contributed by atoms with van der Waals surface area (Å²) < 4.78 is 7.12. The quantitative estimate of drug-likeness (QED) is 0.840. The Kier molecular flexibility index (Phi) is 4.28. The molecule has 18 heavy (non-hydrogen) atoms. The van der Waals surface area contributed by atoms with E-state index in [0.29, 0.717) is 0 Å². The fraction of sp³-hybridized carbons (Fsp3) is 0.308. The number of nitrogens with two attached hydrogens (primary N) is 1. The van der Waals surface area contributed by atoms with Gasteiger partial charge in [-0.1, -0.05) is 23.9 Å². The van der Waals surface area contributed by atoms with Crippen LogP contribution in [0.4, 0.5) is 0 Å². The van der Waals surface area contributed by atoms with E-state index in [1.54, 1.807) is 25.1 Å². The van der Waals surface area contributed by atoms with Gasteiger partial charge in [-0.2, -0.15) is 0 Å². The first kappa shape index (κ1) is 13.0. The maximum Gasteiger partial charge on any atom is 0.167 e. The van der Waals surface area contributed by atoms with Crippen molar-refractivity contribution in [1.82, 2.24) is 9.55 Å². The Morgan fingerprint density at radius 3 is 2.67 bits per heavy atom. The second-order valence-corrected chi connectivity index (χ2v) is 5.00. The van der Waals surface area contributed by atoms with E-state index in [2.05, 4.69) is 4.98 Å². The summed E-state index contributed by atoms with van der Waals surface area (Å²) in [4.78, 5) is 4.26. The van der Waals surface area contributed by atoms with E-state index in [-0.39, 0.29) is 6.04 Å². The monoisotopic (exact) mass is 263 g/mol. The SMILES string of the molecule is COc1ccc(C(N)CSc2nccn2C)cc1. The lowest BCUT2D eigenvalue weighted by atomic mass is 10.1. The molecule has 0 spiro atoms. The maximum absolute atomic E-state index is 6.15. The van der Waals surface area contributed by atoms with Crippen LogP contribution in [0.25, 0.3) is 0 Å². The van der Waals surface area contributed by atoms with E-state index in [1.807, 2.05) is 42.1 Å². The number of benzene rings is 1. The van der Waals surface area contributed by atoms with Crippen molar-refractivity contribution in [1.29, 1.82) is 0 Å². The van der Waals surface area contributed by atoms with Gasteiger partial charge in [0.05, 0.1) is 7.11 Å². The van der Waals surface area contributed by atoms with Crippen LogP contribution in [0.15, 0.2) is 41.8 Å². The molecule has 2 aromatic rings. The molecule has 0 fully saturated rings. The number of aromatic nitrogens is 2. The molecule has 0 radical (unpaired) electrons. The molecular weight excluding hydrogens is 246 g/mol. The minimum atomic E-state index is -0.00222. The third-order valence-electron chi connectivity index (χ3n) is 2.71. The largest absolute Gasteiger partial charge is 0.497 e. The summed E-state index contributed by atoms with van der Waals surface area (Å²) in [7, 11) is 3.64. The highest BCUT2D eigenvalue weighted by Crippen LogP contribution is 2.23. The van der Waals surface area contributed by atoms with Crippen LogP contribution in [0.1, 0.15) is 11.6 Å². The summed E-state index contributed by atoms with van der Waals surface area (Å²) in [6.45, 7) is 0. The van der Waals surface area contributed by atoms with Crippen LogP contribution >= 0.6 is 11.8 Å². The third kappa shape index (κ3) is 3.05. The van der Waals surface area contributed by atoms with Gasteiger partial charge in [-0.25, -0.2) is 4.98 Å². The first-order valence-electron chi connectivity index (χ1n) is 5.70. The molecule has 1 aromatic carbocycles. The first-order valence-corrected chi connectivity index (χ1v) is 6.69. The molecular formula is C13H17N3OS. The van der Waals surface area contributed by atoms with E-state index in [9.17, 15) is 0 Å². The van der Waals surface area contributed by atoms with Gasteiger partial charge in [0.2, 0.25) is 0 Å². The van der Waals surface area contributed by atoms with E-state index >= 15 is 0 Å². The number of methoxy groups -OCH3 is 1. The van der Waals surface area contributed by atoms with Gasteiger partial charge >= 0.3 is 0 Å². The van der Waals surface area contributed by atoms with Crippen molar-refractivity contribution >= 4 is 11.8 Å². The van der Waals surface area contributed by atoms with Gasteiger partial charge in [0.25, 0.3) is 0 Å². The average molecular weight is 263 g/mol. The van der Waals surface area contributed by atoms with Crippen molar-refractivity contribution in [2.24, 2.45) is 12.8 Å². The Morgan fingerprint density at radius 2 is 2.11 bits per heavy atom. The lowest BCUT2D eigenvalue weighted by Crippen LogP contribution is -2.13. The van der Waals surface area contributed by atoms with Gasteiger partial charge < -0.3 is 15.0 Å². The van der Waals surface area contributed by atoms with Crippen LogP contribution in [0, 0.1) is 0 Å². The fourth-order valence-electron chi connectivity index (χ4n) is 1.60. The predicted molar refractivity (Wildman–Crippen MR) is 73.9 cm³/mol. The molecule has 1 atom stereocenters. The van der Waals surface area contributed by atoms with Crippen molar-refractivity contribution in [2.45, 2.75) is 11.2 Å². The third-order valence-corrected chi connectivity index (χ3v) is 3.89. The highest BCUT2D eigenvalue weighted by Gasteiger charge is 2.08. The zero-order valence-electron chi connectivity index (χ0n) is 10.5. The molecule has 2 rings (SSSR count). The molecule has 96 valence electrons. The number of imidazole rings is 1. The topological polar surface area (TPSA) is 53.1 Å². The number of aryl methyl sites for hydroxylation is 1. The van der Waals surface area contributed by atoms with E-state index < -0.39 is 0 Å². The Labute approximate surface area is 111 Å². The fourth-order valence-corrected chi connectivity index (χ4v) is 2.52. The Bertz CT molecular complexity index is 495. The highest BCUT2D eigenvalue weighted by molar-refractivity contribution is 7.99. The van der Waals surface area contributed by atoms with Crippen molar-refractivity contribution in [3.8, 4) is 5.75 Å². The molecule has 1 heterocycles. The Morgan fingerprint density at radius 1 is 1.39 bits per heavy atom. The van der Waals surface area contributed by atoms with Crippen LogP contribution in [0.3, 0.4) is 0 Å². The molecule has 1 unspecified atom stereocenters. The minimum Gasteiger partial charge on any atom is -0.497 e. The molecule has 4 nitrogen and oxygen atoms in total. The smallest absolute Gasteiger partial charge is 0.167 e. The van der Waals surface area contributed by atoms with E-state index in [1.165, 1.54) is 0 Å². The van der Waals surface area contributed by atoms with Gasteiger partial charge in [-0.15, -0.1) is 0 Å². The molecule has 2 N–H and O–H groups in total. The summed E-state index contributed by atoms with van der Waals surface area (Å²) >= 11 is 1.66. The second-order valence-electron chi connectivity index (χ2n) is 4.01. The Hall–Kier alpha value is -1.46. The molecule has 0 amide bonds. The van der Waals surface area contributed by atoms with Gasteiger partial charge in [0.1, 0.15) is 5.75 Å². The lowest BCUT2D eigenvalue weighted by Gasteiger charge is -2.12. The number of hydrogen-bond acceptors (Lipinski definition) is 4. The number of thioether (sulfide) groups is 1. The molecule has 0 aliphatic heterocycles. The molecule has 5 heteroatoms. The summed E-state index contributed by atoms with van der Waals surface area (Å²) in [5, 5.41) is 0.985. The summed E-state index contributed by atoms with van der Waals surface area (Å²) in [5.74, 6) is 1.65. The van der Waals surface area contributed by atoms with Crippen molar-refractivity contribution < 1.29 is 4.74 Å². The van der Waals surface area contributed by atoms with Gasteiger partial charge in [-0.3, -0.25) is 0 Å². The molecule has 1 aromatic heterocycles. The number of hydrogen-bond donors (Lipinski definition) is 1. The van der Waals surface area contributed by atoms with Crippen molar-refractivity contribution in [3.63, 3.8) is 0 Å². The summed E-state index contributed by atoms with van der Waals surface area (Å²) in [6, 6.07) is 7.87. The maximum atomic E-state index is 6.15. The van der Waals surface area contributed by atoms with Crippen molar-refractivity contribution in [3.05, 3.63) is 42.2 Å². The van der Waals surface area contributed by atoms with Gasteiger partial charge in [-0.05, 0) is 17.7 Å². The van der Waals surface area contributed by atoms with E-state index in [0.717, 1.165) is 22.2 Å².